The van der Waals surface area contributed by atoms with Gasteiger partial charge < -0.3 is 9.47 Å². The zero-order valence-electron chi connectivity index (χ0n) is 8.14. The number of ether oxygens (including phenoxy) is 2. The first-order chi connectivity index (χ1) is 5.83. The van der Waals surface area contributed by atoms with Crippen LogP contribution in [0.15, 0.2) is 0 Å². The summed E-state index contributed by atoms with van der Waals surface area (Å²) in [7, 11) is 0. The molecule has 0 saturated carbocycles. The molecule has 0 bridgehead atoms. The molecule has 0 atom stereocenters. The molecule has 1 aliphatic heterocycles. The first kappa shape index (κ1) is 10.0. The van der Waals surface area contributed by atoms with Gasteiger partial charge in [-0.25, -0.2) is 0 Å². The second-order valence-electron chi connectivity index (χ2n) is 3.68. The summed E-state index contributed by atoms with van der Waals surface area (Å²) in [5.74, 6) is 0. The average molecular weight is 171 g/mol. The lowest BCUT2D eigenvalue weighted by Gasteiger charge is -2.35. The second kappa shape index (κ2) is 4.83. The molecule has 1 aliphatic rings. The van der Waals surface area contributed by atoms with Crippen LogP contribution in [0.3, 0.4) is 0 Å². The summed E-state index contributed by atoms with van der Waals surface area (Å²) >= 11 is 0. The summed E-state index contributed by atoms with van der Waals surface area (Å²) in [5, 5.41) is 0. The van der Waals surface area contributed by atoms with E-state index < -0.39 is 0 Å². The average Bonchev–Trinajstić information content (AvgIpc) is 2.16. The van der Waals surface area contributed by atoms with Crippen LogP contribution >= 0.6 is 0 Å². The minimum absolute atomic E-state index is 0.296. The molecule has 1 rings (SSSR count). The van der Waals surface area contributed by atoms with E-state index in [4.69, 9.17) is 9.47 Å². The second-order valence-corrected chi connectivity index (χ2v) is 3.68. The van der Waals surface area contributed by atoms with Crippen LogP contribution in [0, 0.1) is 12.2 Å². The molecule has 0 amide bonds. The summed E-state index contributed by atoms with van der Waals surface area (Å²) < 4.78 is 10.5. The van der Waals surface area contributed by atoms with Crippen LogP contribution in [0.1, 0.15) is 39.5 Å². The number of unbranched alkanes of at least 4 members (excludes halogenated alkanes) is 1. The zero-order chi connectivity index (χ0) is 8.86. The standard InChI is InChI=1S/C10H19O2/c1-3-5-6-10(4-2)7-11-9-12-8-10/h9H,3-8H2,1-2H3. The minimum atomic E-state index is 0.296. The zero-order valence-corrected chi connectivity index (χ0v) is 8.14. The molecule has 2 heteroatoms. The summed E-state index contributed by atoms with van der Waals surface area (Å²) in [6.45, 7) is 7.58. The molecule has 0 spiro atoms. The van der Waals surface area contributed by atoms with Gasteiger partial charge >= 0.3 is 0 Å². The molecule has 71 valence electrons. The minimum Gasteiger partial charge on any atom is -0.347 e. The highest BCUT2D eigenvalue weighted by atomic mass is 16.7. The van der Waals surface area contributed by atoms with Gasteiger partial charge in [0.05, 0.1) is 13.2 Å². The van der Waals surface area contributed by atoms with E-state index in [9.17, 15) is 0 Å². The van der Waals surface area contributed by atoms with Crippen LogP contribution in [0.25, 0.3) is 0 Å². The van der Waals surface area contributed by atoms with Gasteiger partial charge in [0.2, 0.25) is 6.79 Å². The van der Waals surface area contributed by atoms with Gasteiger partial charge in [0.1, 0.15) is 0 Å². The highest BCUT2D eigenvalue weighted by Crippen LogP contribution is 2.32. The van der Waals surface area contributed by atoms with Crippen LogP contribution in [-0.2, 0) is 9.47 Å². The molecule has 1 saturated heterocycles. The highest BCUT2D eigenvalue weighted by molar-refractivity contribution is 4.80. The van der Waals surface area contributed by atoms with Crippen molar-refractivity contribution in [2.24, 2.45) is 5.41 Å². The van der Waals surface area contributed by atoms with Crippen molar-refractivity contribution in [2.75, 3.05) is 13.2 Å². The Hall–Kier alpha value is -0.0800. The molecule has 0 aliphatic carbocycles. The van der Waals surface area contributed by atoms with Gasteiger partial charge in [0.25, 0.3) is 0 Å². The van der Waals surface area contributed by atoms with Crippen LogP contribution in [0.5, 0.6) is 0 Å². The molecule has 2 nitrogen and oxygen atoms in total. The molecular weight excluding hydrogens is 152 g/mol. The van der Waals surface area contributed by atoms with E-state index >= 15 is 0 Å². The molecule has 1 heterocycles. The Balaban J connectivity index is 2.37. The number of rotatable bonds is 4. The van der Waals surface area contributed by atoms with Gasteiger partial charge in [0.15, 0.2) is 0 Å². The molecule has 0 aromatic heterocycles. The lowest BCUT2D eigenvalue weighted by molar-refractivity contribution is -0.115. The van der Waals surface area contributed by atoms with E-state index in [2.05, 4.69) is 13.8 Å². The van der Waals surface area contributed by atoms with Gasteiger partial charge in [-0.3, -0.25) is 0 Å². The van der Waals surface area contributed by atoms with Crippen LogP contribution in [-0.4, -0.2) is 13.2 Å². The van der Waals surface area contributed by atoms with E-state index in [1.54, 1.807) is 0 Å². The predicted octanol–water partition coefficient (Wildman–Crippen LogP) is 2.74. The van der Waals surface area contributed by atoms with E-state index in [1.807, 2.05) is 0 Å². The first-order valence-corrected chi connectivity index (χ1v) is 4.88. The third-order valence-corrected chi connectivity index (χ3v) is 2.73. The number of hydrogen-bond acceptors (Lipinski definition) is 2. The molecule has 1 fully saturated rings. The van der Waals surface area contributed by atoms with Gasteiger partial charge in [-0.05, 0) is 12.8 Å². The Morgan fingerprint density at radius 1 is 1.25 bits per heavy atom. The maximum Gasteiger partial charge on any atom is 0.209 e. The Morgan fingerprint density at radius 2 is 1.92 bits per heavy atom. The summed E-state index contributed by atoms with van der Waals surface area (Å²) in [6, 6.07) is 0. The van der Waals surface area contributed by atoms with E-state index in [0.717, 1.165) is 19.6 Å². The fraction of sp³-hybridized carbons (Fsp3) is 0.900. The fourth-order valence-corrected chi connectivity index (χ4v) is 1.59. The first-order valence-electron chi connectivity index (χ1n) is 4.88. The van der Waals surface area contributed by atoms with Gasteiger partial charge in [-0.1, -0.05) is 26.7 Å². The van der Waals surface area contributed by atoms with Crippen molar-refractivity contribution >= 4 is 0 Å². The lowest BCUT2D eigenvalue weighted by Crippen LogP contribution is -2.35. The summed E-state index contributed by atoms with van der Waals surface area (Å²) in [6.07, 6.45) is 4.92. The predicted molar refractivity (Wildman–Crippen MR) is 48.5 cm³/mol. The third kappa shape index (κ3) is 2.46. The van der Waals surface area contributed by atoms with Crippen molar-refractivity contribution in [2.45, 2.75) is 39.5 Å². The smallest absolute Gasteiger partial charge is 0.209 e. The number of hydrogen-bond donors (Lipinski definition) is 0. The van der Waals surface area contributed by atoms with Crippen molar-refractivity contribution in [3.8, 4) is 0 Å². The largest absolute Gasteiger partial charge is 0.347 e. The summed E-state index contributed by atoms with van der Waals surface area (Å²) in [5.41, 5.74) is 0.296. The van der Waals surface area contributed by atoms with E-state index in [-0.39, 0.29) is 0 Å². The van der Waals surface area contributed by atoms with Crippen molar-refractivity contribution < 1.29 is 9.47 Å². The molecule has 12 heavy (non-hydrogen) atoms. The normalized spacial score (nSPS) is 22.5. The maximum atomic E-state index is 5.23. The van der Waals surface area contributed by atoms with Crippen molar-refractivity contribution in [3.05, 3.63) is 6.79 Å². The monoisotopic (exact) mass is 171 g/mol. The fourth-order valence-electron chi connectivity index (χ4n) is 1.59. The van der Waals surface area contributed by atoms with Gasteiger partial charge in [0, 0.05) is 5.41 Å². The molecule has 0 aromatic carbocycles. The lowest BCUT2D eigenvalue weighted by atomic mass is 9.81. The Kier molecular flexibility index (Phi) is 4.02. The Morgan fingerprint density at radius 3 is 2.42 bits per heavy atom. The molecular formula is C10H19O2. The van der Waals surface area contributed by atoms with Gasteiger partial charge in [-0.2, -0.15) is 0 Å². The Labute approximate surface area is 75.2 Å². The quantitative estimate of drug-likeness (QED) is 0.647. The van der Waals surface area contributed by atoms with E-state index in [1.165, 1.54) is 26.1 Å². The molecule has 0 N–H and O–H groups in total. The van der Waals surface area contributed by atoms with Crippen molar-refractivity contribution in [1.82, 2.24) is 0 Å². The van der Waals surface area contributed by atoms with Crippen LogP contribution in [0.2, 0.25) is 0 Å². The third-order valence-electron chi connectivity index (χ3n) is 2.73. The SMILES string of the molecule is CCCCC1(CC)CO[CH]OC1. The maximum absolute atomic E-state index is 5.23. The highest BCUT2D eigenvalue weighted by Gasteiger charge is 2.31. The topological polar surface area (TPSA) is 18.5 Å². The van der Waals surface area contributed by atoms with Gasteiger partial charge in [-0.15, -0.1) is 0 Å². The Bertz CT molecular complexity index is 117. The molecule has 0 aromatic rings. The molecule has 0 unspecified atom stereocenters. The summed E-state index contributed by atoms with van der Waals surface area (Å²) in [4.78, 5) is 0. The van der Waals surface area contributed by atoms with E-state index in [0.29, 0.717) is 5.41 Å². The van der Waals surface area contributed by atoms with Crippen molar-refractivity contribution in [1.29, 1.82) is 0 Å². The molecule has 1 radical (unpaired) electrons. The van der Waals surface area contributed by atoms with Crippen LogP contribution < -0.4 is 0 Å². The van der Waals surface area contributed by atoms with Crippen LogP contribution in [0.4, 0.5) is 0 Å². The van der Waals surface area contributed by atoms with Crippen molar-refractivity contribution in [3.63, 3.8) is 0 Å².